The summed E-state index contributed by atoms with van der Waals surface area (Å²) in [4.78, 5) is 48.3. The van der Waals surface area contributed by atoms with E-state index in [0.717, 1.165) is 18.2 Å². The summed E-state index contributed by atoms with van der Waals surface area (Å²) in [5, 5.41) is 30.9. The lowest BCUT2D eigenvalue weighted by Crippen LogP contribution is -2.39. The number of nitro benzene ring substituents is 1. The average molecular weight is 463 g/mol. The van der Waals surface area contributed by atoms with Crippen molar-refractivity contribution in [2.45, 2.75) is 40.2 Å². The van der Waals surface area contributed by atoms with Gasteiger partial charge in [0.1, 0.15) is 11.6 Å². The van der Waals surface area contributed by atoms with E-state index in [1.807, 2.05) is 0 Å². The SMILES string of the molecule is CCOC(=O)C(C)(C)OC(=O)Oc1cc(C=C(C#N)C(=O)N(CC)CC)cc([N+](=O)[O-])c1O. The Hall–Kier alpha value is -4.14. The van der Waals surface area contributed by atoms with Crippen LogP contribution in [-0.4, -0.2) is 58.3 Å². The number of carbonyl (C=O) groups is 3. The number of benzene rings is 1. The van der Waals surface area contributed by atoms with E-state index < -0.39 is 45.7 Å². The number of phenolic OH excluding ortho intramolecular Hbond substituents is 1. The lowest BCUT2D eigenvalue weighted by atomic mass is 10.1. The lowest BCUT2D eigenvalue weighted by molar-refractivity contribution is -0.385. The van der Waals surface area contributed by atoms with Crippen LogP contribution >= 0.6 is 0 Å². The van der Waals surface area contributed by atoms with Crippen LogP contribution in [0, 0.1) is 21.4 Å². The summed E-state index contributed by atoms with van der Waals surface area (Å²) < 4.78 is 14.6. The fraction of sp³-hybridized carbons (Fsp3) is 0.429. The predicted molar refractivity (Wildman–Crippen MR) is 114 cm³/mol. The molecule has 0 heterocycles. The average Bonchev–Trinajstić information content (AvgIpc) is 2.74. The van der Waals surface area contributed by atoms with E-state index in [1.54, 1.807) is 26.8 Å². The molecular weight excluding hydrogens is 438 g/mol. The largest absolute Gasteiger partial charge is 0.515 e. The summed E-state index contributed by atoms with van der Waals surface area (Å²) in [5.41, 5.74) is -2.97. The maximum atomic E-state index is 12.5. The van der Waals surface area contributed by atoms with Crippen molar-refractivity contribution >= 4 is 29.8 Å². The number of phenols is 1. The van der Waals surface area contributed by atoms with E-state index in [1.165, 1.54) is 18.7 Å². The van der Waals surface area contributed by atoms with Gasteiger partial charge >= 0.3 is 17.8 Å². The molecule has 0 atom stereocenters. The first-order chi connectivity index (χ1) is 15.4. The molecule has 33 heavy (non-hydrogen) atoms. The molecule has 0 unspecified atom stereocenters. The van der Waals surface area contributed by atoms with Gasteiger partial charge < -0.3 is 24.2 Å². The van der Waals surface area contributed by atoms with Gasteiger partial charge in [-0.3, -0.25) is 14.9 Å². The standard InChI is InChI=1S/C21H25N3O9/c1-6-23(7-2)18(26)14(12-22)9-13-10-15(24(29)30)17(25)16(11-13)32-20(28)33-21(4,5)19(27)31-8-3/h9-11,25H,6-8H2,1-5H3. The molecule has 1 aromatic rings. The number of nitro groups is 1. The van der Waals surface area contributed by atoms with Gasteiger partial charge in [-0.15, -0.1) is 0 Å². The first kappa shape index (κ1) is 26.9. The van der Waals surface area contributed by atoms with Gasteiger partial charge in [0.2, 0.25) is 11.4 Å². The monoisotopic (exact) mass is 463 g/mol. The second kappa shape index (κ2) is 11.5. The second-order valence-electron chi connectivity index (χ2n) is 6.98. The number of carbonyl (C=O) groups excluding carboxylic acids is 3. The minimum atomic E-state index is -1.74. The summed E-state index contributed by atoms with van der Waals surface area (Å²) in [6, 6.07) is 3.65. The number of amides is 1. The third-order valence-corrected chi connectivity index (χ3v) is 4.29. The number of nitrogens with zero attached hydrogens (tertiary/aromatic N) is 3. The highest BCUT2D eigenvalue weighted by Crippen LogP contribution is 2.38. The minimum Gasteiger partial charge on any atom is -0.499 e. The van der Waals surface area contributed by atoms with Crippen LogP contribution in [0.2, 0.25) is 0 Å². The molecule has 12 heteroatoms. The number of nitriles is 1. The van der Waals surface area contributed by atoms with Gasteiger partial charge in [0.15, 0.2) is 5.75 Å². The third-order valence-electron chi connectivity index (χ3n) is 4.29. The number of likely N-dealkylation sites (N-methyl/N-ethyl adjacent to an activating group) is 1. The van der Waals surface area contributed by atoms with Crippen molar-refractivity contribution in [3.63, 3.8) is 0 Å². The zero-order chi connectivity index (χ0) is 25.3. The van der Waals surface area contributed by atoms with E-state index >= 15 is 0 Å². The highest BCUT2D eigenvalue weighted by Gasteiger charge is 2.35. The molecule has 0 bridgehead atoms. The Labute approximate surface area is 190 Å². The third kappa shape index (κ3) is 6.93. The van der Waals surface area contributed by atoms with Crippen LogP contribution in [0.3, 0.4) is 0 Å². The Bertz CT molecular complexity index is 1000. The van der Waals surface area contributed by atoms with Crippen molar-refractivity contribution < 1.29 is 38.6 Å². The Morgan fingerprint density at radius 2 is 1.85 bits per heavy atom. The Kier molecular flexibility index (Phi) is 9.35. The van der Waals surface area contributed by atoms with Crippen LogP contribution in [0.4, 0.5) is 10.5 Å². The molecule has 1 aromatic carbocycles. The maximum absolute atomic E-state index is 12.5. The van der Waals surface area contributed by atoms with Crippen molar-refractivity contribution in [2.24, 2.45) is 0 Å². The second-order valence-corrected chi connectivity index (χ2v) is 6.98. The zero-order valence-electron chi connectivity index (χ0n) is 18.9. The van der Waals surface area contributed by atoms with Crippen molar-refractivity contribution in [1.82, 2.24) is 4.90 Å². The van der Waals surface area contributed by atoms with Crippen LogP contribution in [0.1, 0.15) is 40.2 Å². The Morgan fingerprint density at radius 3 is 2.33 bits per heavy atom. The molecule has 1 rings (SSSR count). The van der Waals surface area contributed by atoms with Gasteiger partial charge in [0.25, 0.3) is 5.91 Å². The molecule has 0 saturated heterocycles. The number of hydrogen-bond donors (Lipinski definition) is 1. The Morgan fingerprint density at radius 1 is 1.24 bits per heavy atom. The molecule has 0 aliphatic rings. The number of rotatable bonds is 9. The number of ether oxygens (including phenoxy) is 3. The van der Waals surface area contributed by atoms with Crippen molar-refractivity contribution in [3.05, 3.63) is 33.4 Å². The summed E-state index contributed by atoms with van der Waals surface area (Å²) >= 11 is 0. The summed E-state index contributed by atoms with van der Waals surface area (Å²) in [6.07, 6.45) is -0.382. The van der Waals surface area contributed by atoms with E-state index in [4.69, 9.17) is 14.2 Å². The Balaban J connectivity index is 3.37. The zero-order valence-corrected chi connectivity index (χ0v) is 18.9. The smallest absolute Gasteiger partial charge is 0.499 e. The van der Waals surface area contributed by atoms with Crippen LogP contribution in [-0.2, 0) is 19.1 Å². The van der Waals surface area contributed by atoms with Crippen LogP contribution in [0.5, 0.6) is 11.5 Å². The van der Waals surface area contributed by atoms with Gasteiger partial charge in [-0.05, 0) is 52.3 Å². The molecule has 1 N–H and O–H groups in total. The van der Waals surface area contributed by atoms with E-state index in [9.17, 15) is 34.9 Å². The maximum Gasteiger partial charge on any atom is 0.515 e. The number of hydrogen-bond acceptors (Lipinski definition) is 10. The molecule has 1 amide bonds. The molecule has 178 valence electrons. The molecule has 0 saturated carbocycles. The summed E-state index contributed by atoms with van der Waals surface area (Å²) in [6.45, 7) is 8.19. The molecule has 0 aromatic heterocycles. The predicted octanol–water partition coefficient (Wildman–Crippen LogP) is 2.93. The topological polar surface area (TPSA) is 169 Å². The fourth-order valence-electron chi connectivity index (χ4n) is 2.57. The van der Waals surface area contributed by atoms with Crippen LogP contribution < -0.4 is 4.74 Å². The molecule has 12 nitrogen and oxygen atoms in total. The minimum absolute atomic E-state index is 0.0372. The van der Waals surface area contributed by atoms with E-state index in [-0.39, 0.29) is 17.7 Å². The molecular formula is C21H25N3O9. The first-order valence-corrected chi connectivity index (χ1v) is 9.92. The molecule has 0 radical (unpaired) electrons. The molecule has 0 spiro atoms. The number of esters is 1. The fourth-order valence-corrected chi connectivity index (χ4v) is 2.57. The first-order valence-electron chi connectivity index (χ1n) is 9.92. The van der Waals surface area contributed by atoms with Gasteiger partial charge in [0.05, 0.1) is 11.5 Å². The molecule has 0 aliphatic heterocycles. The summed E-state index contributed by atoms with van der Waals surface area (Å²) in [5.74, 6) is -3.12. The van der Waals surface area contributed by atoms with Crippen molar-refractivity contribution in [2.75, 3.05) is 19.7 Å². The quantitative estimate of drug-likeness (QED) is 0.143. The van der Waals surface area contributed by atoms with Crippen LogP contribution in [0.15, 0.2) is 17.7 Å². The molecule has 0 fully saturated rings. The van der Waals surface area contributed by atoms with Crippen molar-refractivity contribution in [3.8, 4) is 17.6 Å². The van der Waals surface area contributed by atoms with E-state index in [2.05, 4.69) is 0 Å². The highest BCUT2D eigenvalue weighted by molar-refractivity contribution is 6.01. The van der Waals surface area contributed by atoms with Gasteiger partial charge in [0, 0.05) is 19.2 Å². The van der Waals surface area contributed by atoms with Crippen LogP contribution in [0.25, 0.3) is 6.08 Å². The highest BCUT2D eigenvalue weighted by atomic mass is 16.7. The van der Waals surface area contributed by atoms with Gasteiger partial charge in [-0.1, -0.05) is 0 Å². The van der Waals surface area contributed by atoms with Crippen molar-refractivity contribution in [1.29, 1.82) is 5.26 Å². The number of aromatic hydroxyl groups is 1. The summed E-state index contributed by atoms with van der Waals surface area (Å²) in [7, 11) is 0. The van der Waals surface area contributed by atoms with Gasteiger partial charge in [-0.2, -0.15) is 5.26 Å². The van der Waals surface area contributed by atoms with Gasteiger partial charge in [-0.25, -0.2) is 9.59 Å². The lowest BCUT2D eigenvalue weighted by Gasteiger charge is -2.22. The molecule has 0 aliphatic carbocycles. The van der Waals surface area contributed by atoms with E-state index in [0.29, 0.717) is 13.1 Å². The normalized spacial score (nSPS) is 11.2.